The number of hydrogen-bond acceptors (Lipinski definition) is 2. The van der Waals surface area contributed by atoms with Crippen molar-refractivity contribution in [2.75, 3.05) is 6.61 Å². The maximum absolute atomic E-state index is 5.99. The van der Waals surface area contributed by atoms with Crippen molar-refractivity contribution in [3.8, 4) is 5.88 Å². The third-order valence-corrected chi connectivity index (χ3v) is 9.57. The highest BCUT2D eigenvalue weighted by Gasteiger charge is 2.01. The molecule has 1 aromatic rings. The Hall–Kier alpha value is -1.05. The second-order valence-corrected chi connectivity index (χ2v) is 14.0. The minimum atomic E-state index is 0.814. The van der Waals surface area contributed by atoms with Gasteiger partial charge in [0.25, 0.3) is 0 Å². The minimum absolute atomic E-state index is 0.814. The van der Waals surface area contributed by atoms with Crippen molar-refractivity contribution in [2.45, 2.75) is 232 Å². The van der Waals surface area contributed by atoms with Crippen molar-refractivity contribution in [1.82, 2.24) is 4.98 Å². The Balaban J connectivity index is 1.83. The van der Waals surface area contributed by atoms with Gasteiger partial charge in [0.2, 0.25) is 5.88 Å². The van der Waals surface area contributed by atoms with Crippen LogP contribution in [0.2, 0.25) is 0 Å². The van der Waals surface area contributed by atoms with E-state index in [0.717, 1.165) is 25.3 Å². The van der Waals surface area contributed by atoms with E-state index in [0.29, 0.717) is 0 Å². The van der Waals surface area contributed by atoms with E-state index in [1.54, 1.807) is 0 Å². The lowest BCUT2D eigenvalue weighted by atomic mass is 10.0. The van der Waals surface area contributed by atoms with E-state index in [1.807, 2.05) is 6.07 Å². The summed E-state index contributed by atoms with van der Waals surface area (Å²) < 4.78 is 5.99. The lowest BCUT2D eigenvalue weighted by Crippen LogP contribution is -2.01. The van der Waals surface area contributed by atoms with Gasteiger partial charge >= 0.3 is 0 Å². The van der Waals surface area contributed by atoms with E-state index in [4.69, 9.17) is 9.72 Å². The average molecular weight is 614 g/mol. The molecule has 0 aliphatic rings. The monoisotopic (exact) mass is 614 g/mol. The molecule has 0 bridgehead atoms. The zero-order valence-corrected chi connectivity index (χ0v) is 30.3. The van der Waals surface area contributed by atoms with Gasteiger partial charge in [0.15, 0.2) is 0 Å². The summed E-state index contributed by atoms with van der Waals surface area (Å²) in [5.74, 6) is 0.829. The molecule has 1 rings (SSSR count). The van der Waals surface area contributed by atoms with Gasteiger partial charge in [0.05, 0.1) is 6.61 Å². The lowest BCUT2D eigenvalue weighted by Gasteiger charge is -2.08. The molecule has 0 aliphatic carbocycles. The molecule has 0 aliphatic heterocycles. The third-order valence-electron chi connectivity index (χ3n) is 9.57. The largest absolute Gasteiger partial charge is 0.478 e. The molecular formula is C42H79NO. The van der Waals surface area contributed by atoms with Crippen molar-refractivity contribution in [3.05, 3.63) is 23.9 Å². The van der Waals surface area contributed by atoms with E-state index >= 15 is 0 Å². The summed E-state index contributed by atoms with van der Waals surface area (Å²) in [7, 11) is 0. The number of unbranched alkanes of at least 4 members (excludes halogenated alkanes) is 31. The molecule has 0 atom stereocenters. The Morgan fingerprint density at radius 3 is 1.07 bits per heavy atom. The van der Waals surface area contributed by atoms with Gasteiger partial charge in [-0.2, -0.15) is 0 Å². The lowest BCUT2D eigenvalue weighted by molar-refractivity contribution is 0.292. The fourth-order valence-corrected chi connectivity index (χ4v) is 6.54. The molecule has 0 saturated heterocycles. The van der Waals surface area contributed by atoms with Gasteiger partial charge in [-0.05, 0) is 25.3 Å². The summed E-state index contributed by atoms with van der Waals surface area (Å²) in [6.45, 7) is 5.42. The van der Waals surface area contributed by atoms with Crippen LogP contribution in [-0.2, 0) is 6.42 Å². The molecule has 1 aromatic heterocycles. The first kappa shape index (κ1) is 41.0. The van der Waals surface area contributed by atoms with Crippen molar-refractivity contribution in [1.29, 1.82) is 0 Å². The highest BCUT2D eigenvalue weighted by atomic mass is 16.5. The molecule has 0 radical (unpaired) electrons. The summed E-state index contributed by atoms with van der Waals surface area (Å²) >= 11 is 0. The van der Waals surface area contributed by atoms with Gasteiger partial charge in [0.1, 0.15) is 0 Å². The number of hydrogen-bond donors (Lipinski definition) is 0. The van der Waals surface area contributed by atoms with Gasteiger partial charge in [-0.15, -0.1) is 0 Å². The van der Waals surface area contributed by atoms with Gasteiger partial charge in [0, 0.05) is 11.8 Å². The Morgan fingerprint density at radius 2 is 0.705 bits per heavy atom. The molecule has 258 valence electrons. The van der Waals surface area contributed by atoms with Crippen LogP contribution in [0.3, 0.4) is 0 Å². The molecule has 2 heteroatoms. The molecule has 44 heavy (non-hydrogen) atoms. The maximum Gasteiger partial charge on any atom is 0.213 e. The second-order valence-electron chi connectivity index (χ2n) is 14.0. The van der Waals surface area contributed by atoms with Crippen molar-refractivity contribution < 1.29 is 4.74 Å². The van der Waals surface area contributed by atoms with Gasteiger partial charge < -0.3 is 4.74 Å². The second kappa shape index (κ2) is 34.8. The summed E-state index contributed by atoms with van der Waals surface area (Å²) in [6.07, 6.45) is 47.8. The molecule has 0 N–H and O–H groups in total. The van der Waals surface area contributed by atoms with Crippen LogP contribution >= 0.6 is 0 Å². The molecule has 0 unspecified atom stereocenters. The van der Waals surface area contributed by atoms with Gasteiger partial charge in [-0.1, -0.05) is 219 Å². The Kier molecular flexibility index (Phi) is 32.4. The Bertz CT molecular complexity index is 620. The zero-order chi connectivity index (χ0) is 31.4. The van der Waals surface area contributed by atoms with Crippen molar-refractivity contribution in [2.24, 2.45) is 0 Å². The molecule has 2 nitrogen and oxygen atoms in total. The molecule has 0 spiro atoms. The first-order valence-corrected chi connectivity index (χ1v) is 20.5. The number of ether oxygens (including phenoxy) is 1. The van der Waals surface area contributed by atoms with Gasteiger partial charge in [-0.3, -0.25) is 0 Å². The molecular weight excluding hydrogens is 534 g/mol. The number of aromatic nitrogens is 1. The normalized spacial score (nSPS) is 11.4. The van der Waals surface area contributed by atoms with E-state index < -0.39 is 0 Å². The predicted molar refractivity (Wildman–Crippen MR) is 197 cm³/mol. The van der Waals surface area contributed by atoms with Crippen LogP contribution in [0.15, 0.2) is 18.2 Å². The Labute approximate surface area is 277 Å². The minimum Gasteiger partial charge on any atom is -0.478 e. The summed E-state index contributed by atoms with van der Waals surface area (Å²) in [5.41, 5.74) is 1.20. The smallest absolute Gasteiger partial charge is 0.213 e. The Morgan fingerprint density at radius 1 is 0.386 bits per heavy atom. The predicted octanol–water partition coefficient (Wildman–Crippen LogP) is 14.9. The quantitative estimate of drug-likeness (QED) is 0.0702. The molecule has 1 heterocycles. The van der Waals surface area contributed by atoms with Crippen LogP contribution in [0.25, 0.3) is 0 Å². The third kappa shape index (κ3) is 29.6. The van der Waals surface area contributed by atoms with Crippen LogP contribution < -0.4 is 4.74 Å². The molecule has 0 saturated carbocycles. The molecule has 0 aromatic carbocycles. The number of nitrogens with zero attached hydrogens (tertiary/aromatic N) is 1. The van der Waals surface area contributed by atoms with E-state index in [9.17, 15) is 0 Å². The number of aryl methyl sites for hydroxylation is 1. The summed E-state index contributed by atoms with van der Waals surface area (Å²) in [4.78, 5) is 4.77. The molecule has 0 amide bonds. The van der Waals surface area contributed by atoms with Crippen LogP contribution in [0.1, 0.15) is 231 Å². The maximum atomic E-state index is 5.99. The van der Waals surface area contributed by atoms with Gasteiger partial charge in [-0.25, -0.2) is 4.98 Å². The van der Waals surface area contributed by atoms with Crippen LogP contribution in [0.5, 0.6) is 5.88 Å². The highest BCUT2D eigenvalue weighted by Crippen LogP contribution is 2.17. The van der Waals surface area contributed by atoms with E-state index in [2.05, 4.69) is 26.0 Å². The van der Waals surface area contributed by atoms with E-state index in [1.165, 1.54) is 211 Å². The first-order chi connectivity index (χ1) is 21.9. The fraction of sp³-hybridized carbons (Fsp3) is 0.881. The molecule has 0 fully saturated rings. The standard InChI is InChI=1S/C42H79NO/c1-3-5-7-9-11-13-15-17-19-21-22-24-26-28-30-32-34-37-41-38-36-39-42(43-41)44-40-35-33-31-29-27-25-23-20-18-16-14-12-10-8-6-4-2/h36,38-39H,3-35,37,40H2,1-2H3. The fourth-order valence-electron chi connectivity index (χ4n) is 6.54. The van der Waals surface area contributed by atoms with E-state index in [-0.39, 0.29) is 0 Å². The summed E-state index contributed by atoms with van der Waals surface area (Å²) in [5, 5.41) is 0. The summed E-state index contributed by atoms with van der Waals surface area (Å²) in [6, 6.07) is 6.33. The number of pyridine rings is 1. The topological polar surface area (TPSA) is 22.1 Å². The van der Waals surface area contributed by atoms with Crippen molar-refractivity contribution in [3.63, 3.8) is 0 Å². The number of rotatable bonds is 36. The van der Waals surface area contributed by atoms with Crippen molar-refractivity contribution >= 4 is 0 Å². The highest BCUT2D eigenvalue weighted by molar-refractivity contribution is 5.15. The van der Waals surface area contributed by atoms with Crippen LogP contribution in [0.4, 0.5) is 0 Å². The SMILES string of the molecule is CCCCCCCCCCCCCCCCCCCc1cccc(OCCCCCCCCCCCCCCCCCC)n1. The average Bonchev–Trinajstić information content (AvgIpc) is 3.04. The first-order valence-electron chi connectivity index (χ1n) is 20.5. The van der Waals surface area contributed by atoms with Crippen LogP contribution in [-0.4, -0.2) is 11.6 Å². The zero-order valence-electron chi connectivity index (χ0n) is 30.3. The van der Waals surface area contributed by atoms with Crippen LogP contribution in [0, 0.1) is 0 Å².